The molecule has 1 saturated heterocycles. The van der Waals surface area contributed by atoms with Crippen LogP contribution in [-0.4, -0.2) is 82.8 Å². The van der Waals surface area contributed by atoms with Gasteiger partial charge in [0.05, 0.1) is 32.9 Å². The Balaban J connectivity index is 1.27. The van der Waals surface area contributed by atoms with Crippen molar-refractivity contribution in [2.45, 2.75) is 13.3 Å². The first-order chi connectivity index (χ1) is 18.1. The molecule has 0 unspecified atom stereocenters. The van der Waals surface area contributed by atoms with Gasteiger partial charge in [0.1, 0.15) is 12.1 Å². The summed E-state index contributed by atoms with van der Waals surface area (Å²) in [6.45, 7) is 5.01. The number of ether oxygens (including phenoxy) is 3. The Morgan fingerprint density at radius 3 is 2.41 bits per heavy atom. The highest BCUT2D eigenvalue weighted by molar-refractivity contribution is 5.84. The van der Waals surface area contributed by atoms with Crippen molar-refractivity contribution in [2.24, 2.45) is 0 Å². The van der Waals surface area contributed by atoms with E-state index in [1.165, 1.54) is 6.33 Å². The van der Waals surface area contributed by atoms with Gasteiger partial charge in [-0.05, 0) is 48.9 Å². The molecule has 1 amide bonds. The van der Waals surface area contributed by atoms with Crippen LogP contribution in [-0.2, 0) is 11.2 Å². The molecule has 0 bridgehead atoms. The number of carbonyl (C=O) groups is 1. The van der Waals surface area contributed by atoms with Gasteiger partial charge in [-0.3, -0.25) is 4.79 Å². The van der Waals surface area contributed by atoms with Gasteiger partial charge in [0, 0.05) is 26.2 Å². The van der Waals surface area contributed by atoms with Crippen molar-refractivity contribution in [3.05, 3.63) is 54.4 Å². The first-order valence-corrected chi connectivity index (χ1v) is 12.1. The summed E-state index contributed by atoms with van der Waals surface area (Å²) in [5, 5.41) is 8.71. The molecule has 0 saturated carbocycles. The van der Waals surface area contributed by atoms with E-state index in [1.54, 1.807) is 18.9 Å². The largest absolute Gasteiger partial charge is 0.494 e. The number of amides is 1. The van der Waals surface area contributed by atoms with Gasteiger partial charge in [0.2, 0.25) is 5.91 Å². The number of carbonyl (C=O) groups excluding carboxylic acids is 1. The summed E-state index contributed by atoms with van der Waals surface area (Å²) in [7, 11) is 3.18. The summed E-state index contributed by atoms with van der Waals surface area (Å²) in [6.07, 6.45) is 1.83. The van der Waals surface area contributed by atoms with E-state index in [0.717, 1.165) is 17.0 Å². The number of hydrogen-bond acceptors (Lipinski definition) is 9. The molecule has 11 heteroatoms. The Bertz CT molecular complexity index is 1380. The van der Waals surface area contributed by atoms with Crippen LogP contribution >= 0.6 is 0 Å². The minimum atomic E-state index is 0.0705. The van der Waals surface area contributed by atoms with Crippen molar-refractivity contribution in [3.8, 4) is 22.9 Å². The first-order valence-electron chi connectivity index (χ1n) is 12.1. The summed E-state index contributed by atoms with van der Waals surface area (Å²) < 4.78 is 17.9. The van der Waals surface area contributed by atoms with E-state index >= 15 is 0 Å². The Labute approximate surface area is 214 Å². The quantitative estimate of drug-likeness (QED) is 0.358. The van der Waals surface area contributed by atoms with Crippen LogP contribution < -0.4 is 19.1 Å². The molecule has 11 nitrogen and oxygen atoms in total. The highest BCUT2D eigenvalue weighted by atomic mass is 16.5. The Kier molecular flexibility index (Phi) is 7.02. The number of hydrogen-bond donors (Lipinski definition) is 0. The predicted octanol–water partition coefficient (Wildman–Crippen LogP) is 2.52. The molecule has 0 N–H and O–H groups in total. The zero-order chi connectivity index (χ0) is 25.8. The fourth-order valence-electron chi connectivity index (χ4n) is 4.44. The van der Waals surface area contributed by atoms with Crippen LogP contribution in [0.2, 0.25) is 0 Å². The smallest absolute Gasteiger partial charge is 0.227 e. The molecule has 0 aliphatic carbocycles. The van der Waals surface area contributed by atoms with Gasteiger partial charge in [-0.1, -0.05) is 11.3 Å². The predicted molar refractivity (Wildman–Crippen MR) is 138 cm³/mol. The maximum Gasteiger partial charge on any atom is 0.227 e. The van der Waals surface area contributed by atoms with E-state index in [2.05, 4.69) is 25.2 Å². The minimum Gasteiger partial charge on any atom is -0.494 e. The maximum absolute atomic E-state index is 13.0. The normalized spacial score (nSPS) is 13.6. The van der Waals surface area contributed by atoms with Crippen LogP contribution in [0.25, 0.3) is 16.9 Å². The molecule has 1 aliphatic rings. The number of rotatable bonds is 8. The summed E-state index contributed by atoms with van der Waals surface area (Å²) in [4.78, 5) is 25.9. The van der Waals surface area contributed by atoms with Crippen LogP contribution in [0.3, 0.4) is 0 Å². The van der Waals surface area contributed by atoms with E-state index in [1.807, 2.05) is 54.3 Å². The van der Waals surface area contributed by atoms with Crippen LogP contribution in [0.4, 0.5) is 5.82 Å². The second-order valence-electron chi connectivity index (χ2n) is 8.53. The summed E-state index contributed by atoms with van der Waals surface area (Å²) in [5.74, 6) is 2.84. The minimum absolute atomic E-state index is 0.0705. The average Bonchev–Trinajstić information content (AvgIpc) is 3.38. The Hall–Kier alpha value is -4.41. The Morgan fingerprint density at radius 2 is 1.70 bits per heavy atom. The van der Waals surface area contributed by atoms with Gasteiger partial charge in [0.15, 0.2) is 28.5 Å². The molecule has 0 radical (unpaired) electrons. The molecule has 5 rings (SSSR count). The van der Waals surface area contributed by atoms with E-state index in [9.17, 15) is 4.79 Å². The molecular weight excluding hydrogens is 474 g/mol. The number of anilines is 1. The fourth-order valence-corrected chi connectivity index (χ4v) is 4.44. The van der Waals surface area contributed by atoms with E-state index < -0.39 is 0 Å². The number of piperazine rings is 1. The topological polar surface area (TPSA) is 108 Å². The first kappa shape index (κ1) is 24.3. The highest BCUT2D eigenvalue weighted by Crippen LogP contribution is 2.28. The van der Waals surface area contributed by atoms with Gasteiger partial charge in [-0.25, -0.2) is 9.97 Å². The molecule has 0 spiro atoms. The van der Waals surface area contributed by atoms with Crippen molar-refractivity contribution in [3.63, 3.8) is 0 Å². The van der Waals surface area contributed by atoms with Gasteiger partial charge in [-0.15, -0.1) is 5.10 Å². The molecule has 192 valence electrons. The second kappa shape index (κ2) is 10.7. The van der Waals surface area contributed by atoms with Crippen LogP contribution in [0, 0.1) is 0 Å². The van der Waals surface area contributed by atoms with Gasteiger partial charge >= 0.3 is 0 Å². The number of nitrogens with zero attached hydrogens (tertiary/aromatic N) is 7. The third-order valence-electron chi connectivity index (χ3n) is 6.35. The lowest BCUT2D eigenvalue weighted by molar-refractivity contribution is -0.130. The maximum atomic E-state index is 13.0. The molecule has 2 aromatic heterocycles. The summed E-state index contributed by atoms with van der Waals surface area (Å²) in [6, 6.07) is 13.2. The fraction of sp³-hybridized carbons (Fsp3) is 0.346. The number of benzene rings is 2. The molecule has 1 fully saturated rings. The molecular formula is C26H29N7O4. The lowest BCUT2D eigenvalue weighted by Crippen LogP contribution is -2.49. The number of aromatic nitrogens is 5. The summed E-state index contributed by atoms with van der Waals surface area (Å²) in [5.41, 5.74) is 2.97. The highest BCUT2D eigenvalue weighted by Gasteiger charge is 2.25. The van der Waals surface area contributed by atoms with Crippen LogP contribution in [0.5, 0.6) is 17.2 Å². The van der Waals surface area contributed by atoms with Crippen molar-refractivity contribution >= 4 is 22.9 Å². The standard InChI is InChI=1S/C26H29N7O4/c1-4-37-20-8-6-19(7-9-20)33-26-24(29-30-33)25(27-17-28-26)32-13-11-31(12-14-32)23(34)16-18-5-10-21(35-2)22(15-18)36-3/h5-10,15,17H,4,11-14,16H2,1-3H3. The third-order valence-corrected chi connectivity index (χ3v) is 6.35. The zero-order valence-corrected chi connectivity index (χ0v) is 21.1. The third kappa shape index (κ3) is 4.97. The lowest BCUT2D eigenvalue weighted by Gasteiger charge is -2.35. The monoisotopic (exact) mass is 503 g/mol. The number of fused-ring (bicyclic) bond motifs is 1. The molecule has 1 aliphatic heterocycles. The average molecular weight is 504 g/mol. The molecule has 2 aromatic carbocycles. The number of methoxy groups -OCH3 is 2. The molecule has 4 aromatic rings. The Morgan fingerprint density at radius 1 is 0.946 bits per heavy atom. The lowest BCUT2D eigenvalue weighted by atomic mass is 10.1. The van der Waals surface area contributed by atoms with Gasteiger partial charge < -0.3 is 24.0 Å². The van der Waals surface area contributed by atoms with Crippen molar-refractivity contribution in [1.29, 1.82) is 0 Å². The van der Waals surface area contributed by atoms with Crippen LogP contribution in [0.1, 0.15) is 12.5 Å². The van der Waals surface area contributed by atoms with Crippen molar-refractivity contribution in [1.82, 2.24) is 29.9 Å². The molecule has 37 heavy (non-hydrogen) atoms. The van der Waals surface area contributed by atoms with Crippen LogP contribution in [0.15, 0.2) is 48.8 Å². The van der Waals surface area contributed by atoms with Gasteiger partial charge in [-0.2, -0.15) is 4.68 Å². The van der Waals surface area contributed by atoms with E-state index in [0.29, 0.717) is 67.7 Å². The SMILES string of the molecule is CCOc1ccc(-n2nnc3c(N4CCN(C(=O)Cc5ccc(OC)c(OC)c5)CC4)ncnc32)cc1. The van der Waals surface area contributed by atoms with E-state index in [-0.39, 0.29) is 5.91 Å². The summed E-state index contributed by atoms with van der Waals surface area (Å²) >= 11 is 0. The zero-order valence-electron chi connectivity index (χ0n) is 21.1. The second-order valence-corrected chi connectivity index (χ2v) is 8.53. The van der Waals surface area contributed by atoms with Gasteiger partial charge in [0.25, 0.3) is 0 Å². The molecule has 3 heterocycles. The van der Waals surface area contributed by atoms with E-state index in [4.69, 9.17) is 14.2 Å². The molecule has 0 atom stereocenters. The van der Waals surface area contributed by atoms with Crippen molar-refractivity contribution in [2.75, 3.05) is 51.9 Å². The van der Waals surface area contributed by atoms with Crippen molar-refractivity contribution < 1.29 is 19.0 Å².